The molecule has 2 aromatic heterocycles. The molecule has 4 aromatic rings. The predicted octanol–water partition coefficient (Wildman–Crippen LogP) is 6.45. The van der Waals surface area contributed by atoms with Crippen LogP contribution in [0.3, 0.4) is 0 Å². The second kappa shape index (κ2) is 18.0. The van der Waals surface area contributed by atoms with Gasteiger partial charge in [-0.25, -0.2) is 19.6 Å². The summed E-state index contributed by atoms with van der Waals surface area (Å²) in [7, 11) is 2.58. The summed E-state index contributed by atoms with van der Waals surface area (Å²) in [5.74, 6) is 7.95. The first kappa shape index (κ1) is 41.5. The molecule has 0 radical (unpaired) electrons. The van der Waals surface area contributed by atoms with Gasteiger partial charge in [-0.05, 0) is 71.9 Å². The maximum absolute atomic E-state index is 13.6. The zero-order valence-corrected chi connectivity index (χ0v) is 34.5. The summed E-state index contributed by atoms with van der Waals surface area (Å²) in [6, 6.07) is 14.0. The molecule has 0 bridgehead atoms. The number of hydrogen-bond acceptors (Lipinski definition) is 8. The molecule has 4 amide bonds. The second-order valence-electron chi connectivity index (χ2n) is 16.2. The monoisotopic (exact) mass is 790 g/mol. The van der Waals surface area contributed by atoms with E-state index in [1.54, 1.807) is 12.4 Å². The summed E-state index contributed by atoms with van der Waals surface area (Å²) in [5.41, 5.74) is 5.28. The molecule has 14 heteroatoms. The number of rotatable bonds is 10. The maximum atomic E-state index is 13.6. The molecule has 2 saturated heterocycles. The van der Waals surface area contributed by atoms with Gasteiger partial charge in [0, 0.05) is 24.2 Å². The minimum absolute atomic E-state index is 0.116. The van der Waals surface area contributed by atoms with Gasteiger partial charge in [0.1, 0.15) is 23.7 Å². The summed E-state index contributed by atoms with van der Waals surface area (Å²) in [5, 5.41) is 5.40. The number of nitrogens with zero attached hydrogens (tertiary/aromatic N) is 4. The van der Waals surface area contributed by atoms with Gasteiger partial charge < -0.3 is 39.9 Å². The lowest BCUT2D eigenvalue weighted by molar-refractivity contribution is -0.136. The van der Waals surface area contributed by atoms with Gasteiger partial charge in [-0.2, -0.15) is 0 Å². The van der Waals surface area contributed by atoms with Crippen LogP contribution in [-0.2, 0) is 19.1 Å². The quantitative estimate of drug-likeness (QED) is 0.133. The summed E-state index contributed by atoms with van der Waals surface area (Å²) < 4.78 is 9.53. The number of alkyl carbamates (subject to hydrolysis) is 2. The van der Waals surface area contributed by atoms with Crippen LogP contribution in [-0.4, -0.2) is 93.1 Å². The van der Waals surface area contributed by atoms with Crippen molar-refractivity contribution in [1.29, 1.82) is 0 Å². The van der Waals surface area contributed by atoms with Crippen LogP contribution < -0.4 is 10.6 Å². The predicted molar refractivity (Wildman–Crippen MR) is 219 cm³/mol. The van der Waals surface area contributed by atoms with Gasteiger partial charge in [-0.3, -0.25) is 9.59 Å². The van der Waals surface area contributed by atoms with E-state index >= 15 is 0 Å². The van der Waals surface area contributed by atoms with Gasteiger partial charge in [0.2, 0.25) is 11.8 Å². The standard InChI is InChI=1S/C44H54N8O6/c1-25(2)37(49-43(55)57-7)41(53)51-23-27(5)19-35(51)39-45-21-33(47-39)31-15-11-29(12-16-31)9-10-30-13-17-32(18-14-30)34-22-46-40(48-34)36-20-28(6)24-52(36)42(54)38(26(3)4)50-44(56)58-8/h11-18,21-22,25-28,35-38H,19-20,23-24H2,1-8H3,(H,45,47)(H,46,48)(H,49,55)(H,50,56)/t27-,28-,35-,36-,37-,38+/m0/s1. The number of carbonyl (C=O) groups is 4. The molecule has 2 fully saturated rings. The Morgan fingerprint density at radius 2 is 1.02 bits per heavy atom. The third kappa shape index (κ3) is 9.36. The summed E-state index contributed by atoms with van der Waals surface area (Å²) >= 11 is 0. The minimum Gasteiger partial charge on any atom is -0.453 e. The van der Waals surface area contributed by atoms with Gasteiger partial charge in [0.15, 0.2) is 0 Å². The van der Waals surface area contributed by atoms with Crippen LogP contribution >= 0.6 is 0 Å². The van der Waals surface area contributed by atoms with Crippen LogP contribution in [0.2, 0.25) is 0 Å². The van der Waals surface area contributed by atoms with Crippen molar-refractivity contribution in [3.63, 3.8) is 0 Å². The van der Waals surface area contributed by atoms with E-state index < -0.39 is 24.3 Å². The number of likely N-dealkylation sites (tertiary alicyclic amines) is 2. The van der Waals surface area contributed by atoms with E-state index in [2.05, 4.69) is 56.3 Å². The Morgan fingerprint density at radius 3 is 1.34 bits per heavy atom. The Labute approximate surface area is 339 Å². The molecule has 0 unspecified atom stereocenters. The molecule has 2 aliphatic rings. The van der Waals surface area contributed by atoms with Gasteiger partial charge >= 0.3 is 12.2 Å². The van der Waals surface area contributed by atoms with Gasteiger partial charge in [0.25, 0.3) is 0 Å². The van der Waals surface area contributed by atoms with Crippen molar-refractivity contribution in [2.75, 3.05) is 27.3 Å². The smallest absolute Gasteiger partial charge is 0.407 e. The van der Waals surface area contributed by atoms with Crippen LogP contribution in [0.4, 0.5) is 9.59 Å². The molecule has 2 aromatic carbocycles. The Hall–Kier alpha value is -6.10. The van der Waals surface area contributed by atoms with Crippen molar-refractivity contribution >= 4 is 24.0 Å². The molecule has 6 rings (SSSR count). The van der Waals surface area contributed by atoms with E-state index in [0.29, 0.717) is 24.7 Å². The highest BCUT2D eigenvalue weighted by atomic mass is 16.5. The van der Waals surface area contributed by atoms with E-state index in [1.165, 1.54) is 14.2 Å². The lowest BCUT2D eigenvalue weighted by atomic mass is 10.0. The Kier molecular flexibility index (Phi) is 12.9. The molecule has 0 spiro atoms. The van der Waals surface area contributed by atoms with Gasteiger partial charge in [0.05, 0.1) is 50.1 Å². The SMILES string of the molecule is COC(=O)N[C@H](C(=O)N1C[C@@H](C)C[C@H]1c1ncc(-c2ccc(C#Cc3ccc(-c4cnc([C@@H]5C[C@H](C)CN5C(=O)[C@H](NC(=O)OC)C(C)C)[nH]4)cc3)cc2)[nH]1)C(C)C. The van der Waals surface area contributed by atoms with E-state index in [0.717, 1.165) is 46.5 Å². The van der Waals surface area contributed by atoms with Gasteiger partial charge in [-0.1, -0.05) is 77.6 Å². The highest BCUT2D eigenvalue weighted by molar-refractivity contribution is 5.87. The molecular weight excluding hydrogens is 737 g/mol. The van der Waals surface area contributed by atoms with Crippen molar-refractivity contribution in [3.05, 3.63) is 83.7 Å². The average molecular weight is 791 g/mol. The average Bonchev–Trinajstić information content (AvgIpc) is 4.04. The zero-order chi connectivity index (χ0) is 41.7. The Bertz CT molecular complexity index is 2000. The molecule has 4 heterocycles. The fraction of sp³-hybridized carbons (Fsp3) is 0.455. The first-order chi connectivity index (χ1) is 27.8. The molecule has 6 atom stereocenters. The molecule has 2 aliphatic heterocycles. The summed E-state index contributed by atoms with van der Waals surface area (Å²) in [6.45, 7) is 13.0. The minimum atomic E-state index is -0.702. The first-order valence-electron chi connectivity index (χ1n) is 19.9. The third-order valence-corrected chi connectivity index (χ3v) is 10.9. The first-order valence-corrected chi connectivity index (χ1v) is 19.9. The number of methoxy groups -OCH3 is 2. The van der Waals surface area contributed by atoms with E-state index in [1.807, 2.05) is 86.0 Å². The van der Waals surface area contributed by atoms with Crippen LogP contribution in [0, 0.1) is 35.5 Å². The van der Waals surface area contributed by atoms with Crippen molar-refractivity contribution in [1.82, 2.24) is 40.4 Å². The van der Waals surface area contributed by atoms with E-state index in [9.17, 15) is 19.2 Å². The van der Waals surface area contributed by atoms with E-state index in [-0.39, 0.29) is 47.6 Å². The Balaban J connectivity index is 1.09. The van der Waals surface area contributed by atoms with Crippen molar-refractivity contribution < 1.29 is 28.7 Å². The fourth-order valence-electron chi connectivity index (χ4n) is 7.77. The normalized spacial score (nSPS) is 20.0. The van der Waals surface area contributed by atoms with E-state index in [4.69, 9.17) is 9.47 Å². The number of carbonyl (C=O) groups excluding carboxylic acids is 4. The lowest BCUT2D eigenvalue weighted by Crippen LogP contribution is -2.51. The summed E-state index contributed by atoms with van der Waals surface area (Å²) in [4.78, 5) is 71.1. The number of imidazole rings is 2. The number of aromatic nitrogens is 4. The van der Waals surface area contributed by atoms with Crippen LogP contribution in [0.5, 0.6) is 0 Å². The number of nitrogens with one attached hydrogen (secondary N) is 4. The van der Waals surface area contributed by atoms with Crippen LogP contribution in [0.15, 0.2) is 60.9 Å². The fourth-order valence-corrected chi connectivity index (χ4v) is 7.77. The number of H-pyrrole nitrogens is 2. The topological polar surface area (TPSA) is 175 Å². The van der Waals surface area contributed by atoms with Crippen molar-refractivity contribution in [3.8, 4) is 34.4 Å². The molecule has 58 heavy (non-hydrogen) atoms. The second-order valence-corrected chi connectivity index (χ2v) is 16.2. The molecule has 4 N–H and O–H groups in total. The highest BCUT2D eigenvalue weighted by Crippen LogP contribution is 2.37. The lowest BCUT2D eigenvalue weighted by Gasteiger charge is -2.30. The van der Waals surface area contributed by atoms with Crippen LogP contribution in [0.1, 0.15) is 89.2 Å². The highest BCUT2D eigenvalue weighted by Gasteiger charge is 2.41. The third-order valence-electron chi connectivity index (χ3n) is 10.9. The molecule has 0 aliphatic carbocycles. The Morgan fingerprint density at radius 1 is 0.655 bits per heavy atom. The number of amides is 4. The number of aromatic amines is 2. The van der Waals surface area contributed by atoms with Crippen LogP contribution in [0.25, 0.3) is 22.5 Å². The summed E-state index contributed by atoms with van der Waals surface area (Å²) in [6.07, 6.45) is 3.84. The molecule has 0 saturated carbocycles. The zero-order valence-electron chi connectivity index (χ0n) is 34.5. The number of hydrogen-bond donors (Lipinski definition) is 4. The number of ether oxygens (including phenoxy) is 2. The largest absolute Gasteiger partial charge is 0.453 e. The molecule has 14 nitrogen and oxygen atoms in total. The molecule has 306 valence electrons. The molecular formula is C44H54N8O6. The van der Waals surface area contributed by atoms with Crippen molar-refractivity contribution in [2.24, 2.45) is 23.7 Å². The number of benzene rings is 2. The van der Waals surface area contributed by atoms with Crippen molar-refractivity contribution in [2.45, 2.75) is 78.6 Å². The maximum Gasteiger partial charge on any atom is 0.407 e. The van der Waals surface area contributed by atoms with Gasteiger partial charge in [-0.15, -0.1) is 0 Å².